The largest absolute Gasteiger partial charge is 0.349 e. The van der Waals surface area contributed by atoms with E-state index >= 15 is 0 Å². The van der Waals surface area contributed by atoms with Crippen LogP contribution in [0, 0.1) is 13.8 Å². The van der Waals surface area contributed by atoms with Gasteiger partial charge in [-0.1, -0.05) is 43.5 Å². The van der Waals surface area contributed by atoms with Crippen LogP contribution in [-0.4, -0.2) is 16.9 Å². The Hall–Kier alpha value is -2.88. The lowest BCUT2D eigenvalue weighted by Crippen LogP contribution is -2.36. The van der Waals surface area contributed by atoms with Gasteiger partial charge < -0.3 is 10.6 Å². The standard InChI is InChI=1S/C24H27N3O/c1-16-12-17(2)14-19(13-16)25-23-15-21(20-10-6-7-11-22(20)27-23)24(28)26-18-8-4-3-5-9-18/h6-7,10-15,18H,3-5,8-9H2,1-2H3,(H,25,27)(H,26,28). The molecule has 3 aromatic rings. The first kappa shape index (κ1) is 18.5. The van der Waals surface area contributed by atoms with Crippen LogP contribution < -0.4 is 10.6 Å². The number of nitrogens with zero attached hydrogens (tertiary/aromatic N) is 1. The summed E-state index contributed by atoms with van der Waals surface area (Å²) in [5.74, 6) is 0.687. The highest BCUT2D eigenvalue weighted by Crippen LogP contribution is 2.25. The number of pyridine rings is 1. The summed E-state index contributed by atoms with van der Waals surface area (Å²) >= 11 is 0. The zero-order chi connectivity index (χ0) is 19.5. The van der Waals surface area contributed by atoms with Gasteiger partial charge in [0.05, 0.1) is 11.1 Å². The van der Waals surface area contributed by atoms with Crippen molar-refractivity contribution in [1.29, 1.82) is 0 Å². The maximum atomic E-state index is 13.1. The molecule has 1 aromatic heterocycles. The number of amides is 1. The third-order valence-corrected chi connectivity index (χ3v) is 5.40. The van der Waals surface area contributed by atoms with Gasteiger partial charge in [0.15, 0.2) is 0 Å². The molecule has 0 radical (unpaired) electrons. The second-order valence-corrected chi connectivity index (χ2v) is 7.88. The number of anilines is 2. The zero-order valence-corrected chi connectivity index (χ0v) is 16.6. The van der Waals surface area contributed by atoms with Gasteiger partial charge in [-0.3, -0.25) is 4.79 Å². The molecule has 1 fully saturated rings. The average Bonchev–Trinajstić information content (AvgIpc) is 2.67. The SMILES string of the molecule is Cc1cc(C)cc(Nc2cc(C(=O)NC3CCCCC3)c3ccccc3n2)c1. The van der Waals surface area contributed by atoms with Crippen LogP contribution in [0.2, 0.25) is 0 Å². The number of hydrogen-bond donors (Lipinski definition) is 2. The van der Waals surface area contributed by atoms with Crippen molar-refractivity contribution in [2.24, 2.45) is 0 Å². The van der Waals surface area contributed by atoms with Crippen LogP contribution in [0.1, 0.15) is 53.6 Å². The Morgan fingerprint density at radius 2 is 1.68 bits per heavy atom. The van der Waals surface area contributed by atoms with Crippen LogP contribution in [-0.2, 0) is 0 Å². The minimum Gasteiger partial charge on any atom is -0.349 e. The van der Waals surface area contributed by atoms with Crippen molar-refractivity contribution in [2.45, 2.75) is 52.0 Å². The topological polar surface area (TPSA) is 54.0 Å². The third kappa shape index (κ3) is 4.16. The predicted molar refractivity (Wildman–Crippen MR) is 115 cm³/mol. The van der Waals surface area contributed by atoms with Gasteiger partial charge in [-0.25, -0.2) is 4.98 Å². The lowest BCUT2D eigenvalue weighted by molar-refractivity contribution is 0.0929. The molecule has 0 saturated heterocycles. The molecule has 1 heterocycles. The number of fused-ring (bicyclic) bond motifs is 1. The molecule has 2 aromatic carbocycles. The normalized spacial score (nSPS) is 14.8. The van der Waals surface area contributed by atoms with Crippen molar-refractivity contribution in [3.05, 3.63) is 65.2 Å². The Labute approximate surface area is 166 Å². The maximum Gasteiger partial charge on any atom is 0.252 e. The zero-order valence-electron chi connectivity index (χ0n) is 16.6. The van der Waals surface area contributed by atoms with Gasteiger partial charge in [0.25, 0.3) is 5.91 Å². The number of rotatable bonds is 4. The summed E-state index contributed by atoms with van der Waals surface area (Å²) in [6.07, 6.45) is 5.81. The molecule has 4 nitrogen and oxygen atoms in total. The van der Waals surface area contributed by atoms with Crippen LogP contribution in [0.3, 0.4) is 0 Å². The Bertz CT molecular complexity index is 986. The Morgan fingerprint density at radius 1 is 0.964 bits per heavy atom. The minimum atomic E-state index is -0.00558. The molecule has 2 N–H and O–H groups in total. The van der Waals surface area contributed by atoms with E-state index in [0.717, 1.165) is 29.4 Å². The van der Waals surface area contributed by atoms with Crippen molar-refractivity contribution in [3.63, 3.8) is 0 Å². The summed E-state index contributed by atoms with van der Waals surface area (Å²) in [4.78, 5) is 17.8. The molecular weight excluding hydrogens is 346 g/mol. The van der Waals surface area contributed by atoms with E-state index in [0.29, 0.717) is 11.4 Å². The van der Waals surface area contributed by atoms with Crippen LogP contribution in [0.5, 0.6) is 0 Å². The molecule has 1 saturated carbocycles. The number of aryl methyl sites for hydroxylation is 2. The highest BCUT2D eigenvalue weighted by Gasteiger charge is 2.19. The maximum absolute atomic E-state index is 13.1. The molecule has 144 valence electrons. The lowest BCUT2D eigenvalue weighted by atomic mass is 9.95. The van der Waals surface area contributed by atoms with Gasteiger partial charge in [-0.2, -0.15) is 0 Å². The summed E-state index contributed by atoms with van der Waals surface area (Å²) in [5, 5.41) is 7.52. The van der Waals surface area contributed by atoms with Gasteiger partial charge in [-0.05, 0) is 62.1 Å². The van der Waals surface area contributed by atoms with Crippen LogP contribution in [0.4, 0.5) is 11.5 Å². The summed E-state index contributed by atoms with van der Waals surface area (Å²) < 4.78 is 0. The third-order valence-electron chi connectivity index (χ3n) is 5.40. The summed E-state index contributed by atoms with van der Waals surface area (Å²) in [6, 6.07) is 16.3. The van der Waals surface area contributed by atoms with E-state index in [9.17, 15) is 4.79 Å². The number of carbonyl (C=O) groups excluding carboxylic acids is 1. The number of benzene rings is 2. The monoisotopic (exact) mass is 373 g/mol. The van der Waals surface area contributed by atoms with E-state index < -0.39 is 0 Å². The van der Waals surface area contributed by atoms with Crippen molar-refractivity contribution < 1.29 is 4.79 Å². The number of aromatic nitrogens is 1. The molecule has 1 aliphatic carbocycles. The Morgan fingerprint density at radius 3 is 2.43 bits per heavy atom. The average molecular weight is 374 g/mol. The van der Waals surface area contributed by atoms with Crippen molar-refractivity contribution in [2.75, 3.05) is 5.32 Å². The summed E-state index contributed by atoms with van der Waals surface area (Å²) in [7, 11) is 0. The van der Waals surface area contributed by atoms with Gasteiger partial charge in [-0.15, -0.1) is 0 Å². The van der Waals surface area contributed by atoms with Crippen LogP contribution in [0.15, 0.2) is 48.5 Å². The fourth-order valence-electron chi connectivity index (χ4n) is 4.13. The van der Waals surface area contributed by atoms with E-state index in [1.165, 1.54) is 30.4 Å². The highest BCUT2D eigenvalue weighted by molar-refractivity contribution is 6.07. The molecule has 1 aliphatic rings. The molecule has 4 rings (SSSR count). The van der Waals surface area contributed by atoms with E-state index in [-0.39, 0.29) is 11.9 Å². The molecule has 4 heteroatoms. The predicted octanol–water partition coefficient (Wildman–Crippen LogP) is 5.66. The first-order valence-corrected chi connectivity index (χ1v) is 10.1. The summed E-state index contributed by atoms with van der Waals surface area (Å²) in [5.41, 5.74) is 4.88. The minimum absolute atomic E-state index is 0.00558. The first-order chi connectivity index (χ1) is 13.6. The van der Waals surface area contributed by atoms with Crippen LogP contribution in [0.25, 0.3) is 10.9 Å². The molecular formula is C24H27N3O. The van der Waals surface area contributed by atoms with E-state index in [1.54, 1.807) is 0 Å². The second kappa shape index (κ2) is 8.01. The van der Waals surface area contributed by atoms with Gasteiger partial charge >= 0.3 is 0 Å². The Balaban J connectivity index is 1.67. The quantitative estimate of drug-likeness (QED) is 0.620. The van der Waals surface area contributed by atoms with E-state index in [4.69, 9.17) is 4.98 Å². The van der Waals surface area contributed by atoms with Gasteiger partial charge in [0.1, 0.15) is 5.82 Å². The molecule has 0 spiro atoms. The second-order valence-electron chi connectivity index (χ2n) is 7.88. The van der Waals surface area contributed by atoms with E-state index in [1.807, 2.05) is 30.3 Å². The first-order valence-electron chi connectivity index (χ1n) is 10.1. The smallest absolute Gasteiger partial charge is 0.252 e. The number of nitrogens with one attached hydrogen (secondary N) is 2. The molecule has 0 bridgehead atoms. The highest BCUT2D eigenvalue weighted by atomic mass is 16.1. The lowest BCUT2D eigenvalue weighted by Gasteiger charge is -2.23. The van der Waals surface area contributed by atoms with Gasteiger partial charge in [0.2, 0.25) is 0 Å². The number of para-hydroxylation sites is 1. The molecule has 1 amide bonds. The van der Waals surface area contributed by atoms with Gasteiger partial charge in [0, 0.05) is 17.1 Å². The fraction of sp³-hybridized carbons (Fsp3) is 0.333. The molecule has 0 aliphatic heterocycles. The fourth-order valence-corrected chi connectivity index (χ4v) is 4.13. The van der Waals surface area contributed by atoms with Crippen molar-refractivity contribution >= 4 is 28.3 Å². The van der Waals surface area contributed by atoms with Crippen molar-refractivity contribution in [3.8, 4) is 0 Å². The van der Waals surface area contributed by atoms with Crippen molar-refractivity contribution in [1.82, 2.24) is 10.3 Å². The number of carbonyl (C=O) groups is 1. The van der Waals surface area contributed by atoms with E-state index in [2.05, 4.69) is 42.7 Å². The summed E-state index contributed by atoms with van der Waals surface area (Å²) in [6.45, 7) is 4.16. The molecule has 0 atom stereocenters. The number of hydrogen-bond acceptors (Lipinski definition) is 3. The Kier molecular flexibility index (Phi) is 5.29. The molecule has 28 heavy (non-hydrogen) atoms. The van der Waals surface area contributed by atoms with Crippen LogP contribution >= 0.6 is 0 Å². The molecule has 0 unspecified atom stereocenters.